The second kappa shape index (κ2) is 13.7. The lowest BCUT2D eigenvalue weighted by atomic mass is 9.67. The predicted molar refractivity (Wildman–Crippen MR) is 201 cm³/mol. The third-order valence-electron chi connectivity index (χ3n) is 13.4. The van der Waals surface area contributed by atoms with E-state index in [2.05, 4.69) is 20.1 Å². The number of nitrogens with one attached hydrogen (secondary N) is 1. The van der Waals surface area contributed by atoms with E-state index in [0.29, 0.717) is 53.3 Å². The Labute approximate surface area is 334 Å². The maximum atomic E-state index is 13.8. The van der Waals surface area contributed by atoms with E-state index >= 15 is 0 Å². The number of fused-ring (bicyclic) bond motifs is 4. The summed E-state index contributed by atoms with van der Waals surface area (Å²) in [5.74, 6) is 2.76. The summed E-state index contributed by atoms with van der Waals surface area (Å²) in [6, 6.07) is 19.6. The number of ether oxygens (including phenoxy) is 6. The number of methoxy groups -OCH3 is 2. The molecule has 2 aromatic heterocycles. The molecule has 4 bridgehead atoms. The van der Waals surface area contributed by atoms with Gasteiger partial charge in [-0.1, -0.05) is 60.7 Å². The first kappa shape index (κ1) is 35.8. The lowest BCUT2D eigenvalue weighted by Crippen LogP contribution is -2.56. The Bertz CT molecular complexity index is 2150. The monoisotopic (exact) mass is 789 g/mol. The number of carbonyl (C=O) groups excluding carboxylic acids is 2. The number of aromatic amines is 1. The van der Waals surface area contributed by atoms with Gasteiger partial charge in [0.25, 0.3) is 5.88 Å². The van der Waals surface area contributed by atoms with Crippen LogP contribution >= 0.6 is 0 Å². The maximum absolute atomic E-state index is 13.8. The summed E-state index contributed by atoms with van der Waals surface area (Å²) in [5, 5.41) is 7.02. The first-order valence-corrected chi connectivity index (χ1v) is 20.3. The molecule has 8 atom stereocenters. The molecular weight excluding hydrogens is 745 g/mol. The third-order valence-corrected chi connectivity index (χ3v) is 13.4. The molecule has 14 heteroatoms. The Balaban J connectivity index is 0.000000133. The van der Waals surface area contributed by atoms with Gasteiger partial charge in [-0.05, 0) is 54.1 Å². The van der Waals surface area contributed by atoms with Crippen molar-refractivity contribution in [1.29, 1.82) is 0 Å². The van der Waals surface area contributed by atoms with Crippen LogP contribution in [0, 0.1) is 11.8 Å². The minimum absolute atomic E-state index is 0.0192. The van der Waals surface area contributed by atoms with Crippen molar-refractivity contribution in [2.75, 3.05) is 40.4 Å². The largest absolute Gasteiger partial charge is 0.498 e. The van der Waals surface area contributed by atoms with Crippen molar-refractivity contribution in [2.45, 2.75) is 74.4 Å². The summed E-state index contributed by atoms with van der Waals surface area (Å²) in [5.41, 5.74) is 0.709. The van der Waals surface area contributed by atoms with Gasteiger partial charge in [0.2, 0.25) is 17.3 Å². The number of hydrogen-bond donors (Lipinski definition) is 0. The van der Waals surface area contributed by atoms with Crippen LogP contribution < -0.4 is 14.6 Å². The molecule has 2 aliphatic carbocycles. The molecule has 4 fully saturated rings. The van der Waals surface area contributed by atoms with Crippen molar-refractivity contribution in [3.63, 3.8) is 0 Å². The average Bonchev–Trinajstić information content (AvgIpc) is 4.08. The van der Waals surface area contributed by atoms with Crippen molar-refractivity contribution in [2.24, 2.45) is 11.8 Å². The Morgan fingerprint density at radius 1 is 0.707 bits per heavy atom. The van der Waals surface area contributed by atoms with Crippen LogP contribution in [0.4, 0.5) is 0 Å². The zero-order chi connectivity index (χ0) is 39.2. The zero-order valence-corrected chi connectivity index (χ0v) is 32.4. The van der Waals surface area contributed by atoms with Gasteiger partial charge < -0.3 is 32.9 Å². The van der Waals surface area contributed by atoms with Gasteiger partial charge in [-0.25, -0.2) is 4.52 Å². The topological polar surface area (TPSA) is 149 Å². The Morgan fingerprint density at radius 3 is 1.74 bits per heavy atom. The summed E-state index contributed by atoms with van der Waals surface area (Å²) in [7, 11) is 3.21. The van der Waals surface area contributed by atoms with Crippen LogP contribution in [0.5, 0.6) is 11.8 Å². The fraction of sp³-hybridized carbons (Fsp3) is 0.455. The van der Waals surface area contributed by atoms with E-state index in [1.54, 1.807) is 14.2 Å². The minimum Gasteiger partial charge on any atom is -0.498 e. The quantitative estimate of drug-likeness (QED) is 0.208. The molecule has 2 spiro atoms. The number of ketones is 2. The highest BCUT2D eigenvalue weighted by Gasteiger charge is 2.71. The molecule has 4 saturated heterocycles. The lowest BCUT2D eigenvalue weighted by Gasteiger charge is -2.47. The van der Waals surface area contributed by atoms with Crippen LogP contribution in [-0.2, 0) is 32.2 Å². The molecule has 8 aliphatic rings. The molecule has 0 saturated carbocycles. The molecule has 0 amide bonds. The standard InChI is InChI=1S/2C22H22N2O5/c2*1-26-16-11-14-10-15-18(24-8-5-9-24)19-17(20(25)22(15,16)28-14)21(23-29-19)27-12-13-6-3-2-4-7-13/h2*2-4,6-7,11,14-15,18H,5,8-10,12H2,1H3/p+1/t14-,15?,18+,22+;14-,15?,18-,22+/m10/s1. The van der Waals surface area contributed by atoms with Gasteiger partial charge in [0, 0.05) is 43.2 Å². The molecule has 8 heterocycles. The van der Waals surface area contributed by atoms with E-state index in [-0.39, 0.29) is 53.6 Å². The average molecular weight is 790 g/mol. The number of likely N-dealkylation sites (tertiary alicyclic amines) is 2. The van der Waals surface area contributed by atoms with Gasteiger partial charge in [-0.15, -0.1) is 0 Å². The smallest absolute Gasteiger partial charge is 0.424 e. The summed E-state index contributed by atoms with van der Waals surface area (Å²) in [4.78, 5) is 32.3. The molecule has 4 aromatic rings. The molecule has 300 valence electrons. The molecule has 1 N–H and O–H groups in total. The molecule has 14 nitrogen and oxygen atoms in total. The number of benzene rings is 2. The summed E-state index contributed by atoms with van der Waals surface area (Å²) < 4.78 is 47.3. The second-order valence-corrected chi connectivity index (χ2v) is 16.3. The number of nitrogens with zero attached hydrogens (tertiary/aromatic N) is 3. The number of hydrogen-bond acceptors (Lipinski definition) is 13. The van der Waals surface area contributed by atoms with Gasteiger partial charge in [0.05, 0.1) is 38.5 Å². The summed E-state index contributed by atoms with van der Waals surface area (Å²) in [6.45, 7) is 4.59. The van der Waals surface area contributed by atoms with Gasteiger partial charge in [0.15, 0.2) is 22.5 Å². The van der Waals surface area contributed by atoms with E-state index in [4.69, 9.17) is 37.5 Å². The van der Waals surface area contributed by atoms with Gasteiger partial charge in [0.1, 0.15) is 30.3 Å². The van der Waals surface area contributed by atoms with E-state index < -0.39 is 11.2 Å². The second-order valence-electron chi connectivity index (χ2n) is 16.3. The van der Waals surface area contributed by atoms with Crippen molar-refractivity contribution >= 4 is 11.6 Å². The Kier molecular flexibility index (Phi) is 8.44. The normalized spacial score (nSPS) is 32.4. The van der Waals surface area contributed by atoms with Crippen LogP contribution in [0.25, 0.3) is 0 Å². The lowest BCUT2D eigenvalue weighted by molar-refractivity contribution is -0.617. The van der Waals surface area contributed by atoms with E-state index in [9.17, 15) is 9.59 Å². The molecule has 58 heavy (non-hydrogen) atoms. The fourth-order valence-electron chi connectivity index (χ4n) is 10.6. The van der Waals surface area contributed by atoms with E-state index in [1.165, 1.54) is 0 Å². The molecule has 2 aromatic carbocycles. The van der Waals surface area contributed by atoms with Crippen LogP contribution in [-0.4, -0.2) is 90.3 Å². The number of carbonyl (C=O) groups is 2. The first-order chi connectivity index (χ1) is 28.4. The number of rotatable bonds is 10. The van der Waals surface area contributed by atoms with Crippen molar-refractivity contribution in [3.8, 4) is 11.8 Å². The number of aromatic nitrogens is 2. The van der Waals surface area contributed by atoms with Crippen LogP contribution in [0.1, 0.15) is 81.1 Å². The number of H-pyrrole nitrogens is 1. The first-order valence-electron chi connectivity index (χ1n) is 20.3. The molecule has 12 rings (SSSR count). The Hall–Kier alpha value is -5.28. The van der Waals surface area contributed by atoms with Crippen molar-refractivity contribution in [3.05, 3.63) is 118 Å². The Morgan fingerprint density at radius 2 is 1.22 bits per heavy atom. The highest BCUT2D eigenvalue weighted by Crippen LogP contribution is 2.61. The van der Waals surface area contributed by atoms with Gasteiger partial charge in [-0.3, -0.25) is 19.4 Å². The third kappa shape index (κ3) is 5.10. The van der Waals surface area contributed by atoms with E-state index in [0.717, 1.165) is 63.0 Å². The van der Waals surface area contributed by atoms with Crippen LogP contribution in [0.15, 0.2) is 93.4 Å². The SMILES string of the molecule is COC1=C[C@@H]2CC3[C@H](N4CCC4)c4onc(OCc5ccccc5)c4C(=O)[C@]13O2.COC1=C[C@H]2CC3[C@H](N4CCC4)c4o[nH+]c(OCc5ccccc5)c4C(=O)[C@@]13O2. The van der Waals surface area contributed by atoms with Crippen LogP contribution in [0.3, 0.4) is 0 Å². The minimum atomic E-state index is -1.09. The zero-order valence-electron chi connectivity index (χ0n) is 32.4. The highest BCUT2D eigenvalue weighted by atomic mass is 16.6. The molecule has 0 radical (unpaired) electrons. The molecular formula is C44H45N4O10+. The summed E-state index contributed by atoms with van der Waals surface area (Å²) >= 11 is 0. The fourth-order valence-corrected chi connectivity index (χ4v) is 10.6. The van der Waals surface area contributed by atoms with E-state index in [1.807, 2.05) is 72.8 Å². The van der Waals surface area contributed by atoms with Gasteiger partial charge >= 0.3 is 5.88 Å². The highest BCUT2D eigenvalue weighted by molar-refractivity contribution is 6.09. The molecule has 6 aliphatic heterocycles. The molecule has 2 unspecified atom stereocenters. The predicted octanol–water partition coefficient (Wildman–Crippen LogP) is 5.19. The van der Waals surface area contributed by atoms with Crippen molar-refractivity contribution < 1.29 is 52.2 Å². The summed E-state index contributed by atoms with van der Waals surface area (Å²) in [6.07, 6.45) is 7.55. The maximum Gasteiger partial charge on any atom is 0.424 e. The van der Waals surface area contributed by atoms with Crippen molar-refractivity contribution in [1.82, 2.24) is 15.0 Å². The number of Topliss-reactive ketones (excluding diaryl/α,β-unsaturated/α-hetero) is 2. The van der Waals surface area contributed by atoms with Crippen LogP contribution in [0.2, 0.25) is 0 Å². The van der Waals surface area contributed by atoms with Gasteiger partial charge in [-0.2, -0.15) is 0 Å².